The van der Waals surface area contributed by atoms with Crippen LogP contribution in [0.15, 0.2) is 78.0 Å². The summed E-state index contributed by atoms with van der Waals surface area (Å²) in [5, 5.41) is 13.0. The van der Waals surface area contributed by atoms with Crippen LogP contribution in [0.4, 0.5) is 0 Å². The molecule has 9 heteroatoms. The highest BCUT2D eigenvalue weighted by Crippen LogP contribution is 2.22. The zero-order chi connectivity index (χ0) is 23.9. The molecule has 0 fully saturated rings. The third-order valence-electron chi connectivity index (χ3n) is 5.25. The van der Waals surface area contributed by atoms with Crippen molar-refractivity contribution in [3.8, 4) is 0 Å². The van der Waals surface area contributed by atoms with Crippen LogP contribution in [0.5, 0.6) is 0 Å². The van der Waals surface area contributed by atoms with Gasteiger partial charge in [-0.15, -0.1) is 0 Å². The molecule has 2 aromatic heterocycles. The third-order valence-corrected chi connectivity index (χ3v) is 6.16. The number of H-pyrrole nitrogens is 1. The van der Waals surface area contributed by atoms with E-state index in [2.05, 4.69) is 20.3 Å². The lowest BCUT2D eigenvalue weighted by molar-refractivity contribution is -0.142. The molecule has 8 nitrogen and oxygen atoms in total. The number of aromatic amines is 1. The normalized spacial score (nSPS) is 12.9. The molecular weight excluding hydrogens is 450 g/mol. The number of rotatable bonds is 10. The summed E-state index contributed by atoms with van der Waals surface area (Å²) in [4.78, 5) is 36.7. The number of imidazole rings is 1. The molecule has 0 radical (unpaired) electrons. The number of aromatic nitrogens is 3. The first-order valence-corrected chi connectivity index (χ1v) is 11.8. The second-order valence-corrected chi connectivity index (χ2v) is 8.83. The van der Waals surface area contributed by atoms with Gasteiger partial charge in [-0.3, -0.25) is 9.78 Å². The number of hydrogen-bond acceptors (Lipinski definition) is 6. The third kappa shape index (κ3) is 6.21. The Kier molecular flexibility index (Phi) is 7.56. The van der Waals surface area contributed by atoms with Crippen LogP contribution in [0, 0.1) is 0 Å². The summed E-state index contributed by atoms with van der Waals surface area (Å²) in [5.74, 6) is -1.07. The average molecular weight is 476 g/mol. The summed E-state index contributed by atoms with van der Waals surface area (Å²) in [6.45, 7) is 0. The van der Waals surface area contributed by atoms with Crippen LogP contribution < -0.4 is 11.1 Å². The summed E-state index contributed by atoms with van der Waals surface area (Å²) >= 11 is 1.52. The van der Waals surface area contributed by atoms with E-state index in [4.69, 9.17) is 5.73 Å². The van der Waals surface area contributed by atoms with E-state index in [1.165, 1.54) is 11.8 Å². The Labute approximate surface area is 201 Å². The van der Waals surface area contributed by atoms with Gasteiger partial charge in [0.15, 0.2) is 5.16 Å². The first-order valence-electron chi connectivity index (χ1n) is 10.8. The molecule has 34 heavy (non-hydrogen) atoms. The highest BCUT2D eigenvalue weighted by Gasteiger charge is 2.24. The number of nitrogens with two attached hydrogens (primary N) is 1. The van der Waals surface area contributed by atoms with Crippen molar-refractivity contribution < 1.29 is 14.7 Å². The SMILES string of the molecule is N[C@@H](Cc1ccccc1)C(=O)NC(Cc1cccc(CSc2nc3ccccc3[nH]2)n1)C(=O)O. The van der Waals surface area contributed by atoms with E-state index in [1.54, 1.807) is 6.07 Å². The smallest absolute Gasteiger partial charge is 0.326 e. The molecule has 0 saturated carbocycles. The molecular formula is C25H25N5O3S. The molecule has 174 valence electrons. The first-order chi connectivity index (χ1) is 16.5. The van der Waals surface area contributed by atoms with Gasteiger partial charge in [0.2, 0.25) is 5.91 Å². The van der Waals surface area contributed by atoms with E-state index in [-0.39, 0.29) is 6.42 Å². The van der Waals surface area contributed by atoms with Crippen LogP contribution in [0.1, 0.15) is 17.0 Å². The summed E-state index contributed by atoms with van der Waals surface area (Å²) < 4.78 is 0. The maximum Gasteiger partial charge on any atom is 0.326 e. The monoisotopic (exact) mass is 475 g/mol. The van der Waals surface area contributed by atoms with Crippen molar-refractivity contribution in [2.45, 2.75) is 35.8 Å². The summed E-state index contributed by atoms with van der Waals surface area (Å²) in [7, 11) is 0. The number of carboxylic acid groups (broad SMARTS) is 1. The van der Waals surface area contributed by atoms with E-state index < -0.39 is 24.0 Å². The maximum atomic E-state index is 12.5. The van der Waals surface area contributed by atoms with Crippen molar-refractivity contribution in [1.29, 1.82) is 0 Å². The molecule has 1 unspecified atom stereocenters. The number of para-hydroxylation sites is 2. The number of pyridine rings is 1. The second kappa shape index (κ2) is 11.0. The summed E-state index contributed by atoms with van der Waals surface area (Å²) in [6, 6.07) is 20.7. The number of thioether (sulfide) groups is 1. The van der Waals surface area contributed by atoms with Crippen LogP contribution in [0.25, 0.3) is 11.0 Å². The van der Waals surface area contributed by atoms with Gasteiger partial charge in [0, 0.05) is 17.9 Å². The Morgan fingerprint density at radius 3 is 2.44 bits per heavy atom. The molecule has 0 spiro atoms. The van der Waals surface area contributed by atoms with Crippen LogP contribution in [-0.2, 0) is 28.2 Å². The quantitative estimate of drug-likeness (QED) is 0.259. The molecule has 0 aliphatic rings. The van der Waals surface area contributed by atoms with Crippen molar-refractivity contribution in [2.24, 2.45) is 5.73 Å². The topological polar surface area (TPSA) is 134 Å². The minimum absolute atomic E-state index is 0.0578. The van der Waals surface area contributed by atoms with E-state index >= 15 is 0 Å². The number of benzene rings is 2. The van der Waals surface area contributed by atoms with Crippen molar-refractivity contribution in [1.82, 2.24) is 20.3 Å². The van der Waals surface area contributed by atoms with E-state index in [0.717, 1.165) is 27.4 Å². The fourth-order valence-electron chi connectivity index (χ4n) is 3.51. The minimum atomic E-state index is -1.14. The van der Waals surface area contributed by atoms with E-state index in [1.807, 2.05) is 66.7 Å². The Morgan fingerprint density at radius 2 is 1.68 bits per heavy atom. The van der Waals surface area contributed by atoms with Gasteiger partial charge in [-0.2, -0.15) is 0 Å². The average Bonchev–Trinajstić information content (AvgIpc) is 3.26. The molecule has 4 aromatic rings. The molecule has 2 atom stereocenters. The molecule has 1 amide bonds. The molecule has 0 aliphatic heterocycles. The fourth-order valence-corrected chi connectivity index (χ4v) is 4.30. The van der Waals surface area contributed by atoms with Gasteiger partial charge < -0.3 is 21.1 Å². The largest absolute Gasteiger partial charge is 0.480 e. The number of carbonyl (C=O) groups is 2. The van der Waals surface area contributed by atoms with Gasteiger partial charge >= 0.3 is 5.97 Å². The molecule has 0 saturated heterocycles. The van der Waals surface area contributed by atoms with Crippen molar-refractivity contribution in [3.63, 3.8) is 0 Å². The zero-order valence-electron chi connectivity index (χ0n) is 18.3. The Morgan fingerprint density at radius 1 is 0.941 bits per heavy atom. The Hall–Kier alpha value is -3.69. The first kappa shape index (κ1) is 23.5. The van der Waals surface area contributed by atoms with Gasteiger partial charge in [-0.05, 0) is 36.2 Å². The number of carbonyl (C=O) groups excluding carboxylic acids is 1. The van der Waals surface area contributed by atoms with Gasteiger partial charge in [0.25, 0.3) is 0 Å². The van der Waals surface area contributed by atoms with Crippen molar-refractivity contribution >= 4 is 34.7 Å². The lowest BCUT2D eigenvalue weighted by Gasteiger charge is -2.18. The Balaban J connectivity index is 1.36. The molecule has 2 heterocycles. The number of aliphatic carboxylic acids is 1. The van der Waals surface area contributed by atoms with Crippen LogP contribution >= 0.6 is 11.8 Å². The van der Waals surface area contributed by atoms with Gasteiger partial charge in [-0.25, -0.2) is 9.78 Å². The summed E-state index contributed by atoms with van der Waals surface area (Å²) in [5.41, 5.74) is 10.2. The van der Waals surface area contributed by atoms with E-state index in [0.29, 0.717) is 17.9 Å². The predicted octanol–water partition coefficient (Wildman–Crippen LogP) is 2.93. The number of fused-ring (bicyclic) bond motifs is 1. The van der Waals surface area contributed by atoms with E-state index in [9.17, 15) is 14.7 Å². The van der Waals surface area contributed by atoms with Gasteiger partial charge in [-0.1, -0.05) is 60.3 Å². The van der Waals surface area contributed by atoms with Crippen LogP contribution in [0.2, 0.25) is 0 Å². The summed E-state index contributed by atoms with van der Waals surface area (Å²) in [6.07, 6.45) is 0.383. The zero-order valence-corrected chi connectivity index (χ0v) is 19.2. The highest BCUT2D eigenvalue weighted by molar-refractivity contribution is 7.98. The van der Waals surface area contributed by atoms with Gasteiger partial charge in [0.1, 0.15) is 6.04 Å². The fraction of sp³-hybridized carbons (Fsp3) is 0.200. The molecule has 2 aromatic carbocycles. The number of carboxylic acids is 1. The minimum Gasteiger partial charge on any atom is -0.480 e. The number of hydrogen-bond donors (Lipinski definition) is 4. The van der Waals surface area contributed by atoms with Crippen molar-refractivity contribution in [3.05, 3.63) is 89.7 Å². The Bertz CT molecular complexity index is 1240. The predicted molar refractivity (Wildman–Crippen MR) is 131 cm³/mol. The maximum absolute atomic E-state index is 12.5. The number of nitrogens with zero attached hydrogens (tertiary/aromatic N) is 2. The van der Waals surface area contributed by atoms with Gasteiger partial charge in [0.05, 0.1) is 22.8 Å². The highest BCUT2D eigenvalue weighted by atomic mass is 32.2. The van der Waals surface area contributed by atoms with Crippen LogP contribution in [0.3, 0.4) is 0 Å². The number of nitrogens with one attached hydrogen (secondary N) is 2. The molecule has 0 aliphatic carbocycles. The molecule has 4 rings (SSSR count). The van der Waals surface area contributed by atoms with Crippen LogP contribution in [-0.4, -0.2) is 44.0 Å². The molecule has 5 N–H and O–H groups in total. The lowest BCUT2D eigenvalue weighted by Crippen LogP contribution is -2.50. The number of amides is 1. The van der Waals surface area contributed by atoms with Crippen molar-refractivity contribution in [2.75, 3.05) is 0 Å². The lowest BCUT2D eigenvalue weighted by atomic mass is 10.0. The standard InChI is InChI=1S/C25H25N5O3S/c26-19(13-16-7-2-1-3-8-16)23(31)28-22(24(32)33)14-17-9-6-10-18(27-17)15-34-25-29-20-11-4-5-12-21(20)30-25/h1-12,19,22H,13-15,26H2,(H,28,31)(H,29,30)(H,32,33)/t19-,22?/m0/s1. The second-order valence-electron chi connectivity index (χ2n) is 7.87. The molecule has 0 bridgehead atoms.